The van der Waals surface area contributed by atoms with E-state index in [1.54, 1.807) is 0 Å². The number of rotatable bonds is 0. The highest BCUT2D eigenvalue weighted by molar-refractivity contribution is 5.77. The molecule has 1 heterocycles. The topological polar surface area (TPSA) is 26.3 Å². The van der Waals surface area contributed by atoms with Crippen molar-refractivity contribution in [3.63, 3.8) is 0 Å². The second-order valence-electron chi connectivity index (χ2n) is 5.15. The predicted molar refractivity (Wildman–Crippen MR) is 63.8 cm³/mol. The number of esters is 1. The van der Waals surface area contributed by atoms with Crippen LogP contribution in [0.4, 0.5) is 0 Å². The van der Waals surface area contributed by atoms with Gasteiger partial charge in [0.25, 0.3) is 0 Å². The van der Waals surface area contributed by atoms with E-state index in [0.717, 1.165) is 18.6 Å². The molecule has 0 spiro atoms. The Hall–Kier alpha value is -0.790. The molecule has 1 aliphatic heterocycles. The molecule has 2 unspecified atom stereocenters. The number of fused-ring (bicyclic) bond motifs is 1. The third-order valence-electron chi connectivity index (χ3n) is 3.96. The Labute approximate surface area is 98.1 Å². The summed E-state index contributed by atoms with van der Waals surface area (Å²) in [5.74, 6) is 1.14. The van der Waals surface area contributed by atoms with E-state index in [1.165, 1.54) is 44.9 Å². The number of allylic oxidation sites excluding steroid dienone is 1. The van der Waals surface area contributed by atoms with Gasteiger partial charge >= 0.3 is 5.97 Å². The van der Waals surface area contributed by atoms with Crippen molar-refractivity contribution in [2.45, 2.75) is 57.8 Å². The van der Waals surface area contributed by atoms with Crippen molar-refractivity contribution in [1.29, 1.82) is 0 Å². The molecule has 2 aliphatic rings. The van der Waals surface area contributed by atoms with Crippen LogP contribution in [0.3, 0.4) is 0 Å². The molecule has 2 nitrogen and oxygen atoms in total. The summed E-state index contributed by atoms with van der Waals surface area (Å²) in [4.78, 5) is 11.7. The third-order valence-corrected chi connectivity index (χ3v) is 3.96. The summed E-state index contributed by atoms with van der Waals surface area (Å²) < 4.78 is 5.20. The molecule has 2 atom stereocenters. The van der Waals surface area contributed by atoms with Gasteiger partial charge in [0.1, 0.15) is 5.76 Å². The van der Waals surface area contributed by atoms with E-state index in [-0.39, 0.29) is 11.9 Å². The van der Waals surface area contributed by atoms with Gasteiger partial charge < -0.3 is 4.74 Å². The highest BCUT2D eigenvalue weighted by Crippen LogP contribution is 2.38. The summed E-state index contributed by atoms with van der Waals surface area (Å²) in [6, 6.07) is 0. The lowest BCUT2D eigenvalue weighted by molar-refractivity contribution is -0.139. The largest absolute Gasteiger partial charge is 0.431 e. The van der Waals surface area contributed by atoms with E-state index < -0.39 is 0 Å². The molecule has 2 heteroatoms. The van der Waals surface area contributed by atoms with Crippen LogP contribution in [0.25, 0.3) is 0 Å². The van der Waals surface area contributed by atoms with Gasteiger partial charge in [-0.1, -0.05) is 51.5 Å². The van der Waals surface area contributed by atoms with Gasteiger partial charge in [0, 0.05) is 5.92 Å². The quantitative estimate of drug-likeness (QED) is 0.582. The first-order valence-corrected chi connectivity index (χ1v) is 6.69. The first-order valence-electron chi connectivity index (χ1n) is 6.69. The van der Waals surface area contributed by atoms with Gasteiger partial charge in [-0.25, -0.2) is 0 Å². The number of carbonyl (C=O) groups excluding carboxylic acids is 1. The smallest absolute Gasteiger partial charge is 0.314 e. The summed E-state index contributed by atoms with van der Waals surface area (Å²) >= 11 is 0. The molecule has 0 amide bonds. The first kappa shape index (κ1) is 11.7. The van der Waals surface area contributed by atoms with Gasteiger partial charge in [0.2, 0.25) is 0 Å². The van der Waals surface area contributed by atoms with Crippen LogP contribution in [0, 0.1) is 11.8 Å². The van der Waals surface area contributed by atoms with Gasteiger partial charge in [-0.15, -0.1) is 0 Å². The van der Waals surface area contributed by atoms with Crippen molar-refractivity contribution in [3.8, 4) is 0 Å². The van der Waals surface area contributed by atoms with Gasteiger partial charge in [-0.05, 0) is 12.8 Å². The summed E-state index contributed by atoms with van der Waals surface area (Å²) in [5.41, 5.74) is 0. The Morgan fingerprint density at radius 3 is 2.00 bits per heavy atom. The van der Waals surface area contributed by atoms with E-state index >= 15 is 0 Å². The molecule has 1 saturated heterocycles. The molecular formula is C14H22O2. The lowest BCUT2D eigenvalue weighted by Crippen LogP contribution is -2.15. The SMILES string of the molecule is C=C1OC(=O)C2CCCCCCCCCC12. The average molecular weight is 222 g/mol. The number of carbonyl (C=O) groups is 1. The summed E-state index contributed by atoms with van der Waals surface area (Å²) in [6.07, 6.45) is 11.1. The molecule has 0 N–H and O–H groups in total. The molecule has 2 rings (SSSR count). The summed E-state index contributed by atoms with van der Waals surface area (Å²) in [7, 11) is 0. The molecule has 0 aromatic heterocycles. The summed E-state index contributed by atoms with van der Waals surface area (Å²) in [5, 5.41) is 0. The summed E-state index contributed by atoms with van der Waals surface area (Å²) in [6.45, 7) is 3.90. The average Bonchev–Trinajstić information content (AvgIpc) is 2.51. The minimum Gasteiger partial charge on any atom is -0.431 e. The zero-order chi connectivity index (χ0) is 11.4. The van der Waals surface area contributed by atoms with E-state index in [4.69, 9.17) is 4.74 Å². The van der Waals surface area contributed by atoms with Crippen molar-refractivity contribution < 1.29 is 9.53 Å². The second-order valence-corrected chi connectivity index (χ2v) is 5.15. The molecular weight excluding hydrogens is 200 g/mol. The second kappa shape index (κ2) is 5.51. The minimum atomic E-state index is -0.0192. The predicted octanol–water partition coefficient (Wildman–Crippen LogP) is 3.81. The van der Waals surface area contributed by atoms with E-state index in [9.17, 15) is 4.79 Å². The fraction of sp³-hybridized carbons (Fsp3) is 0.786. The standard InChI is InChI=1S/C14H22O2/c1-11-12-9-7-5-3-2-4-6-8-10-13(12)14(15)16-11/h12-13H,1-10H2. The van der Waals surface area contributed by atoms with Crippen LogP contribution in [-0.4, -0.2) is 5.97 Å². The van der Waals surface area contributed by atoms with Gasteiger partial charge in [0.15, 0.2) is 0 Å². The highest BCUT2D eigenvalue weighted by Gasteiger charge is 2.38. The number of ether oxygens (including phenoxy) is 1. The number of cyclic esters (lactones) is 1. The molecule has 1 saturated carbocycles. The maximum absolute atomic E-state index is 11.7. The molecule has 0 aromatic carbocycles. The molecule has 16 heavy (non-hydrogen) atoms. The Morgan fingerprint density at radius 1 is 0.875 bits per heavy atom. The van der Waals surface area contributed by atoms with Crippen LogP contribution in [0.1, 0.15) is 57.8 Å². The lowest BCUT2D eigenvalue weighted by Gasteiger charge is -2.14. The van der Waals surface area contributed by atoms with Crippen LogP contribution in [-0.2, 0) is 9.53 Å². The molecule has 0 aromatic rings. The molecule has 2 fully saturated rings. The zero-order valence-corrected chi connectivity index (χ0v) is 10.0. The Balaban J connectivity index is 1.99. The minimum absolute atomic E-state index is 0.0192. The normalized spacial score (nSPS) is 32.8. The first-order chi connectivity index (χ1) is 7.79. The van der Waals surface area contributed by atoms with E-state index in [2.05, 4.69) is 6.58 Å². The van der Waals surface area contributed by atoms with E-state index in [0.29, 0.717) is 5.92 Å². The van der Waals surface area contributed by atoms with Crippen LogP contribution in [0.2, 0.25) is 0 Å². The Kier molecular flexibility index (Phi) is 4.03. The van der Waals surface area contributed by atoms with Gasteiger partial charge in [-0.2, -0.15) is 0 Å². The fourth-order valence-electron chi connectivity index (χ4n) is 2.96. The maximum atomic E-state index is 11.7. The molecule has 90 valence electrons. The Bertz CT molecular complexity index is 244. The zero-order valence-electron chi connectivity index (χ0n) is 10.0. The van der Waals surface area contributed by atoms with Crippen LogP contribution < -0.4 is 0 Å². The van der Waals surface area contributed by atoms with Crippen molar-refractivity contribution in [3.05, 3.63) is 12.3 Å². The van der Waals surface area contributed by atoms with Crippen molar-refractivity contribution >= 4 is 5.97 Å². The van der Waals surface area contributed by atoms with Crippen LogP contribution in [0.15, 0.2) is 12.3 Å². The van der Waals surface area contributed by atoms with Gasteiger partial charge in [0.05, 0.1) is 5.92 Å². The molecule has 1 aliphatic carbocycles. The number of hydrogen-bond donors (Lipinski definition) is 0. The van der Waals surface area contributed by atoms with E-state index in [1.807, 2.05) is 0 Å². The van der Waals surface area contributed by atoms with Crippen molar-refractivity contribution in [2.24, 2.45) is 11.8 Å². The number of hydrogen-bond acceptors (Lipinski definition) is 2. The van der Waals surface area contributed by atoms with Crippen molar-refractivity contribution in [1.82, 2.24) is 0 Å². The fourth-order valence-corrected chi connectivity index (χ4v) is 2.96. The van der Waals surface area contributed by atoms with Crippen LogP contribution >= 0.6 is 0 Å². The Morgan fingerprint density at radius 2 is 1.38 bits per heavy atom. The molecule has 0 radical (unpaired) electrons. The lowest BCUT2D eigenvalue weighted by atomic mass is 9.85. The van der Waals surface area contributed by atoms with Crippen molar-refractivity contribution in [2.75, 3.05) is 0 Å². The van der Waals surface area contributed by atoms with Gasteiger partial charge in [-0.3, -0.25) is 4.79 Å². The monoisotopic (exact) mass is 222 g/mol. The third kappa shape index (κ3) is 2.66. The van der Waals surface area contributed by atoms with Crippen LogP contribution in [0.5, 0.6) is 0 Å². The molecule has 0 bridgehead atoms. The maximum Gasteiger partial charge on any atom is 0.314 e. The highest BCUT2D eigenvalue weighted by atomic mass is 16.5.